The van der Waals surface area contributed by atoms with Crippen molar-refractivity contribution in [2.75, 3.05) is 26.4 Å². The van der Waals surface area contributed by atoms with Gasteiger partial charge < -0.3 is 19.5 Å². The van der Waals surface area contributed by atoms with E-state index >= 15 is 0 Å². The number of para-hydroxylation sites is 2. The summed E-state index contributed by atoms with van der Waals surface area (Å²) >= 11 is 0. The third kappa shape index (κ3) is 4.12. The minimum Gasteiger partial charge on any atom is -0.490 e. The van der Waals surface area contributed by atoms with Gasteiger partial charge in [0.2, 0.25) is 0 Å². The standard InChI is InChI=1S/C16H25NO3/c1-3-10-19-14-7-5-6-8-15(14)20-16-12-18-11-9-13(16)17-4-2/h5-8,13,16-17H,3-4,9-12H2,1-2H3. The minimum absolute atomic E-state index is 0.0371. The molecule has 2 unspecified atom stereocenters. The molecule has 1 aliphatic heterocycles. The first kappa shape index (κ1) is 15.1. The van der Waals surface area contributed by atoms with Gasteiger partial charge in [0.15, 0.2) is 11.5 Å². The Bertz CT molecular complexity index is 395. The summed E-state index contributed by atoms with van der Waals surface area (Å²) in [4.78, 5) is 0. The Balaban J connectivity index is 2.03. The normalized spacial score (nSPS) is 22.5. The molecule has 0 aliphatic carbocycles. The van der Waals surface area contributed by atoms with Crippen LogP contribution in [0.15, 0.2) is 24.3 Å². The van der Waals surface area contributed by atoms with Crippen LogP contribution in [0.5, 0.6) is 11.5 Å². The first-order chi connectivity index (χ1) is 9.85. The molecule has 1 aromatic carbocycles. The van der Waals surface area contributed by atoms with Crippen LogP contribution >= 0.6 is 0 Å². The number of benzene rings is 1. The second-order valence-corrected chi connectivity index (χ2v) is 4.98. The van der Waals surface area contributed by atoms with Crippen LogP contribution in [0.4, 0.5) is 0 Å². The molecule has 0 spiro atoms. The fourth-order valence-electron chi connectivity index (χ4n) is 2.37. The number of likely N-dealkylation sites (N-methyl/N-ethyl adjacent to an activating group) is 1. The molecule has 1 N–H and O–H groups in total. The van der Waals surface area contributed by atoms with Gasteiger partial charge in [0, 0.05) is 12.6 Å². The second-order valence-electron chi connectivity index (χ2n) is 4.98. The van der Waals surface area contributed by atoms with E-state index in [0.29, 0.717) is 19.3 Å². The third-order valence-electron chi connectivity index (χ3n) is 3.36. The van der Waals surface area contributed by atoms with E-state index in [4.69, 9.17) is 14.2 Å². The van der Waals surface area contributed by atoms with E-state index in [1.54, 1.807) is 0 Å². The fourth-order valence-corrected chi connectivity index (χ4v) is 2.37. The van der Waals surface area contributed by atoms with Crippen LogP contribution in [-0.2, 0) is 4.74 Å². The number of hydrogen-bond acceptors (Lipinski definition) is 4. The van der Waals surface area contributed by atoms with E-state index in [9.17, 15) is 0 Å². The molecule has 0 radical (unpaired) electrons. The zero-order valence-electron chi connectivity index (χ0n) is 12.4. The van der Waals surface area contributed by atoms with E-state index in [1.165, 1.54) is 0 Å². The zero-order valence-corrected chi connectivity index (χ0v) is 12.4. The number of hydrogen-bond donors (Lipinski definition) is 1. The van der Waals surface area contributed by atoms with Crippen LogP contribution in [0, 0.1) is 0 Å². The van der Waals surface area contributed by atoms with Crippen molar-refractivity contribution in [3.63, 3.8) is 0 Å². The van der Waals surface area contributed by atoms with Crippen molar-refractivity contribution in [3.05, 3.63) is 24.3 Å². The van der Waals surface area contributed by atoms with E-state index in [0.717, 1.165) is 37.5 Å². The van der Waals surface area contributed by atoms with Crippen molar-refractivity contribution in [2.24, 2.45) is 0 Å². The van der Waals surface area contributed by atoms with Gasteiger partial charge in [-0.3, -0.25) is 0 Å². The molecule has 1 fully saturated rings. The average molecular weight is 279 g/mol. The molecule has 1 aliphatic rings. The highest BCUT2D eigenvalue weighted by atomic mass is 16.6. The number of ether oxygens (including phenoxy) is 3. The molecule has 0 saturated carbocycles. The Morgan fingerprint density at radius 1 is 1.25 bits per heavy atom. The highest BCUT2D eigenvalue weighted by Crippen LogP contribution is 2.29. The van der Waals surface area contributed by atoms with Crippen LogP contribution in [0.1, 0.15) is 26.7 Å². The maximum absolute atomic E-state index is 6.14. The van der Waals surface area contributed by atoms with Crippen molar-refractivity contribution in [2.45, 2.75) is 38.8 Å². The van der Waals surface area contributed by atoms with Gasteiger partial charge in [-0.1, -0.05) is 26.0 Å². The van der Waals surface area contributed by atoms with Crippen molar-refractivity contribution < 1.29 is 14.2 Å². The summed E-state index contributed by atoms with van der Waals surface area (Å²) in [6, 6.07) is 8.20. The predicted molar refractivity (Wildman–Crippen MR) is 79.5 cm³/mol. The number of nitrogens with one attached hydrogen (secondary N) is 1. The topological polar surface area (TPSA) is 39.7 Å². The first-order valence-corrected chi connectivity index (χ1v) is 7.54. The van der Waals surface area contributed by atoms with Gasteiger partial charge in [0.05, 0.1) is 13.2 Å². The highest BCUT2D eigenvalue weighted by molar-refractivity contribution is 5.39. The second kappa shape index (κ2) is 8.12. The SMILES string of the molecule is CCCOc1ccccc1OC1COCCC1NCC. The van der Waals surface area contributed by atoms with Crippen molar-refractivity contribution >= 4 is 0 Å². The molecule has 2 rings (SSSR count). The van der Waals surface area contributed by atoms with Crippen molar-refractivity contribution in [3.8, 4) is 11.5 Å². The molecule has 0 bridgehead atoms. The van der Waals surface area contributed by atoms with E-state index in [2.05, 4.69) is 19.2 Å². The molecular weight excluding hydrogens is 254 g/mol. The van der Waals surface area contributed by atoms with Crippen LogP contribution in [0.25, 0.3) is 0 Å². The van der Waals surface area contributed by atoms with Crippen molar-refractivity contribution in [1.82, 2.24) is 5.32 Å². The van der Waals surface area contributed by atoms with Crippen molar-refractivity contribution in [1.29, 1.82) is 0 Å². The summed E-state index contributed by atoms with van der Waals surface area (Å²) in [5.41, 5.74) is 0. The minimum atomic E-state index is 0.0371. The lowest BCUT2D eigenvalue weighted by Gasteiger charge is -2.32. The van der Waals surface area contributed by atoms with Crippen LogP contribution < -0.4 is 14.8 Å². The Kier molecular flexibility index (Phi) is 6.15. The Morgan fingerprint density at radius 2 is 2.05 bits per heavy atom. The molecule has 0 amide bonds. The van der Waals surface area contributed by atoms with Crippen LogP contribution in [0.3, 0.4) is 0 Å². The predicted octanol–water partition coefficient (Wildman–Crippen LogP) is 2.62. The summed E-state index contributed by atoms with van der Waals surface area (Å²) in [6.45, 7) is 7.28. The smallest absolute Gasteiger partial charge is 0.161 e. The molecule has 1 heterocycles. The molecule has 112 valence electrons. The molecule has 2 atom stereocenters. The monoisotopic (exact) mass is 279 g/mol. The molecule has 20 heavy (non-hydrogen) atoms. The summed E-state index contributed by atoms with van der Waals surface area (Å²) < 4.78 is 17.4. The molecular formula is C16H25NO3. The van der Waals surface area contributed by atoms with Crippen LogP contribution in [-0.4, -0.2) is 38.5 Å². The molecule has 1 saturated heterocycles. The van der Waals surface area contributed by atoms with E-state index < -0.39 is 0 Å². The summed E-state index contributed by atoms with van der Waals surface area (Å²) in [5, 5.41) is 3.47. The summed E-state index contributed by atoms with van der Waals surface area (Å²) in [6.07, 6.45) is 2.01. The third-order valence-corrected chi connectivity index (χ3v) is 3.36. The van der Waals surface area contributed by atoms with Gasteiger partial charge in [0.1, 0.15) is 6.10 Å². The van der Waals surface area contributed by atoms with Gasteiger partial charge in [0.25, 0.3) is 0 Å². The van der Waals surface area contributed by atoms with Crippen LogP contribution in [0.2, 0.25) is 0 Å². The zero-order chi connectivity index (χ0) is 14.2. The van der Waals surface area contributed by atoms with Gasteiger partial charge in [-0.15, -0.1) is 0 Å². The lowest BCUT2D eigenvalue weighted by molar-refractivity contribution is -0.0153. The summed E-state index contributed by atoms with van der Waals surface area (Å²) in [5.74, 6) is 1.62. The molecule has 1 aromatic rings. The summed E-state index contributed by atoms with van der Waals surface area (Å²) in [7, 11) is 0. The first-order valence-electron chi connectivity index (χ1n) is 7.54. The highest BCUT2D eigenvalue weighted by Gasteiger charge is 2.27. The van der Waals surface area contributed by atoms with Gasteiger partial charge in [-0.2, -0.15) is 0 Å². The van der Waals surface area contributed by atoms with Gasteiger partial charge in [-0.05, 0) is 31.5 Å². The van der Waals surface area contributed by atoms with E-state index in [1.807, 2.05) is 24.3 Å². The maximum atomic E-state index is 6.14. The van der Waals surface area contributed by atoms with E-state index in [-0.39, 0.29) is 6.10 Å². The Morgan fingerprint density at radius 3 is 2.80 bits per heavy atom. The number of rotatable bonds is 7. The van der Waals surface area contributed by atoms with Gasteiger partial charge in [-0.25, -0.2) is 0 Å². The lowest BCUT2D eigenvalue weighted by atomic mass is 10.1. The van der Waals surface area contributed by atoms with Gasteiger partial charge >= 0.3 is 0 Å². The quantitative estimate of drug-likeness (QED) is 0.833. The largest absolute Gasteiger partial charge is 0.490 e. The molecule has 4 heteroatoms. The maximum Gasteiger partial charge on any atom is 0.161 e. The fraction of sp³-hybridized carbons (Fsp3) is 0.625. The Labute approximate surface area is 121 Å². The lowest BCUT2D eigenvalue weighted by Crippen LogP contribution is -2.49. The Hall–Kier alpha value is -1.26. The molecule has 4 nitrogen and oxygen atoms in total. The molecule has 0 aromatic heterocycles. The average Bonchev–Trinajstić information content (AvgIpc) is 2.49.